The Bertz CT molecular complexity index is 545. The summed E-state index contributed by atoms with van der Waals surface area (Å²) in [4.78, 5) is 12.9. The molecule has 1 aromatic heterocycles. The molecule has 2 rings (SSSR count). The molecule has 0 aliphatic heterocycles. The minimum absolute atomic E-state index is 0.108. The van der Waals surface area contributed by atoms with Gasteiger partial charge in [0.15, 0.2) is 0 Å². The summed E-state index contributed by atoms with van der Waals surface area (Å²) in [5, 5.41) is 12.7. The molecule has 18 heavy (non-hydrogen) atoms. The fourth-order valence-electron chi connectivity index (χ4n) is 2.15. The molecule has 0 spiro atoms. The van der Waals surface area contributed by atoms with E-state index in [9.17, 15) is 10.1 Å². The van der Waals surface area contributed by atoms with Gasteiger partial charge < -0.3 is 5.32 Å². The predicted molar refractivity (Wildman–Crippen MR) is 72.4 cm³/mol. The lowest BCUT2D eigenvalue weighted by atomic mass is 9.96. The number of carbonyl (C=O) groups is 1. The molecule has 4 heteroatoms. The summed E-state index contributed by atoms with van der Waals surface area (Å²) in [7, 11) is 0. The summed E-state index contributed by atoms with van der Waals surface area (Å²) in [6.07, 6.45) is 10.1. The van der Waals surface area contributed by atoms with Gasteiger partial charge in [0.05, 0.1) is 5.56 Å². The largest absolute Gasteiger partial charge is 0.317 e. The first kappa shape index (κ1) is 12.7. The van der Waals surface area contributed by atoms with Crippen molar-refractivity contribution in [3.05, 3.63) is 16.0 Å². The van der Waals surface area contributed by atoms with Crippen molar-refractivity contribution < 1.29 is 4.79 Å². The topological polar surface area (TPSA) is 52.9 Å². The van der Waals surface area contributed by atoms with Gasteiger partial charge in [-0.15, -0.1) is 23.7 Å². The van der Waals surface area contributed by atoms with E-state index >= 15 is 0 Å². The third-order valence-corrected chi connectivity index (χ3v) is 4.24. The van der Waals surface area contributed by atoms with Crippen LogP contribution in [0.4, 0.5) is 5.00 Å². The molecule has 92 valence electrons. The Morgan fingerprint density at radius 1 is 1.44 bits per heavy atom. The molecule has 0 saturated carbocycles. The van der Waals surface area contributed by atoms with Gasteiger partial charge in [0.25, 0.3) is 0 Å². The maximum absolute atomic E-state index is 11.6. The van der Waals surface area contributed by atoms with Gasteiger partial charge in [-0.2, -0.15) is 5.26 Å². The molecular formula is C14H14N2OS. The van der Waals surface area contributed by atoms with Crippen LogP contribution >= 0.6 is 11.3 Å². The minimum atomic E-state index is -0.108. The molecule has 0 radical (unpaired) electrons. The van der Waals surface area contributed by atoms with Crippen LogP contribution in [-0.2, 0) is 17.6 Å². The van der Waals surface area contributed by atoms with Gasteiger partial charge >= 0.3 is 0 Å². The SMILES string of the molecule is C#CCCC(=O)Nc1sc2c(c1C#N)CCCC2. The molecule has 1 aliphatic rings. The number of fused-ring (bicyclic) bond motifs is 1. The number of nitrogens with zero attached hydrogens (tertiary/aromatic N) is 1. The normalized spacial score (nSPS) is 13.2. The zero-order chi connectivity index (χ0) is 13.0. The fourth-order valence-corrected chi connectivity index (χ4v) is 3.40. The molecule has 3 nitrogen and oxygen atoms in total. The van der Waals surface area contributed by atoms with Gasteiger partial charge in [-0.05, 0) is 31.2 Å². The van der Waals surface area contributed by atoms with E-state index in [0.717, 1.165) is 24.8 Å². The van der Waals surface area contributed by atoms with Crippen LogP contribution in [0.5, 0.6) is 0 Å². The zero-order valence-corrected chi connectivity index (χ0v) is 10.9. The maximum atomic E-state index is 11.6. The third-order valence-electron chi connectivity index (χ3n) is 3.03. The second kappa shape index (κ2) is 5.71. The Morgan fingerprint density at radius 2 is 2.22 bits per heavy atom. The van der Waals surface area contributed by atoms with Crippen LogP contribution < -0.4 is 5.32 Å². The van der Waals surface area contributed by atoms with Crippen LogP contribution in [0.25, 0.3) is 0 Å². The number of hydrogen-bond acceptors (Lipinski definition) is 3. The van der Waals surface area contributed by atoms with Gasteiger partial charge in [0.1, 0.15) is 11.1 Å². The first-order chi connectivity index (χ1) is 8.76. The van der Waals surface area contributed by atoms with Crippen molar-refractivity contribution in [2.24, 2.45) is 0 Å². The van der Waals surface area contributed by atoms with Crippen molar-refractivity contribution in [3.63, 3.8) is 0 Å². The maximum Gasteiger partial charge on any atom is 0.225 e. The lowest BCUT2D eigenvalue weighted by Gasteiger charge is -2.09. The quantitative estimate of drug-likeness (QED) is 0.848. The zero-order valence-electron chi connectivity index (χ0n) is 10.1. The highest BCUT2D eigenvalue weighted by atomic mass is 32.1. The Morgan fingerprint density at radius 3 is 2.94 bits per heavy atom. The monoisotopic (exact) mass is 258 g/mol. The molecule has 0 atom stereocenters. The number of nitriles is 1. The van der Waals surface area contributed by atoms with Crippen LogP contribution in [0.1, 0.15) is 41.7 Å². The summed E-state index contributed by atoms with van der Waals surface area (Å²) in [6, 6.07) is 2.22. The van der Waals surface area contributed by atoms with E-state index < -0.39 is 0 Å². The first-order valence-corrected chi connectivity index (χ1v) is 6.86. The van der Waals surface area contributed by atoms with Crippen LogP contribution in [0.2, 0.25) is 0 Å². The summed E-state index contributed by atoms with van der Waals surface area (Å²) < 4.78 is 0. The number of nitrogens with one attached hydrogen (secondary N) is 1. The summed E-state index contributed by atoms with van der Waals surface area (Å²) >= 11 is 1.54. The number of anilines is 1. The number of amides is 1. The number of thiophene rings is 1. The molecule has 1 N–H and O–H groups in total. The Balaban J connectivity index is 2.19. The van der Waals surface area contributed by atoms with E-state index in [0.29, 0.717) is 23.4 Å². The van der Waals surface area contributed by atoms with E-state index in [2.05, 4.69) is 17.3 Å². The van der Waals surface area contributed by atoms with Gasteiger partial charge in [-0.3, -0.25) is 4.79 Å². The van der Waals surface area contributed by atoms with Crippen LogP contribution in [-0.4, -0.2) is 5.91 Å². The van der Waals surface area contributed by atoms with E-state index in [1.165, 1.54) is 11.3 Å². The number of terminal acetylenes is 1. The number of rotatable bonds is 3. The van der Waals surface area contributed by atoms with E-state index in [4.69, 9.17) is 6.42 Å². The van der Waals surface area contributed by atoms with Crippen LogP contribution in [0.15, 0.2) is 0 Å². The van der Waals surface area contributed by atoms with Crippen molar-refractivity contribution in [2.45, 2.75) is 38.5 Å². The Labute approximate surface area is 111 Å². The molecule has 0 aromatic carbocycles. The van der Waals surface area contributed by atoms with E-state index in [1.807, 2.05) is 0 Å². The summed E-state index contributed by atoms with van der Waals surface area (Å²) in [5.74, 6) is 2.33. The lowest BCUT2D eigenvalue weighted by Crippen LogP contribution is -2.10. The van der Waals surface area contributed by atoms with Gasteiger partial charge in [-0.25, -0.2) is 0 Å². The Hall–Kier alpha value is -1.78. The third kappa shape index (κ3) is 2.55. The average molecular weight is 258 g/mol. The Kier molecular flexibility index (Phi) is 4.02. The lowest BCUT2D eigenvalue weighted by molar-refractivity contribution is -0.116. The highest BCUT2D eigenvalue weighted by molar-refractivity contribution is 7.16. The second-order valence-corrected chi connectivity index (χ2v) is 5.38. The molecule has 1 aromatic rings. The first-order valence-electron chi connectivity index (χ1n) is 6.04. The second-order valence-electron chi connectivity index (χ2n) is 4.28. The smallest absolute Gasteiger partial charge is 0.225 e. The minimum Gasteiger partial charge on any atom is -0.317 e. The van der Waals surface area contributed by atoms with Crippen molar-refractivity contribution >= 4 is 22.2 Å². The molecule has 0 unspecified atom stereocenters. The number of hydrogen-bond donors (Lipinski definition) is 1. The summed E-state index contributed by atoms with van der Waals surface area (Å²) in [6.45, 7) is 0. The molecule has 0 saturated heterocycles. The summed E-state index contributed by atoms with van der Waals surface area (Å²) in [5.41, 5.74) is 1.80. The van der Waals surface area contributed by atoms with Crippen molar-refractivity contribution in [1.82, 2.24) is 0 Å². The molecule has 1 aliphatic carbocycles. The van der Waals surface area contributed by atoms with Crippen LogP contribution in [0, 0.1) is 23.7 Å². The molecule has 0 bridgehead atoms. The van der Waals surface area contributed by atoms with E-state index in [-0.39, 0.29) is 5.91 Å². The van der Waals surface area contributed by atoms with Gasteiger partial charge in [0.2, 0.25) is 5.91 Å². The number of aryl methyl sites for hydroxylation is 1. The number of carbonyl (C=O) groups excluding carboxylic acids is 1. The molecular weight excluding hydrogens is 244 g/mol. The molecule has 1 amide bonds. The van der Waals surface area contributed by atoms with Crippen molar-refractivity contribution in [1.29, 1.82) is 5.26 Å². The average Bonchev–Trinajstić information content (AvgIpc) is 2.73. The van der Waals surface area contributed by atoms with Gasteiger partial charge in [0, 0.05) is 17.7 Å². The molecule has 0 fully saturated rings. The molecule has 1 heterocycles. The predicted octanol–water partition coefficient (Wildman–Crippen LogP) is 2.85. The van der Waals surface area contributed by atoms with Crippen molar-refractivity contribution in [3.8, 4) is 18.4 Å². The van der Waals surface area contributed by atoms with E-state index in [1.54, 1.807) is 11.3 Å². The highest BCUT2D eigenvalue weighted by Crippen LogP contribution is 2.37. The van der Waals surface area contributed by atoms with Gasteiger partial charge in [-0.1, -0.05) is 0 Å². The van der Waals surface area contributed by atoms with Crippen molar-refractivity contribution in [2.75, 3.05) is 5.32 Å². The van der Waals surface area contributed by atoms with Crippen LogP contribution in [0.3, 0.4) is 0 Å². The fraction of sp³-hybridized carbons (Fsp3) is 0.429. The standard InChI is InChI=1S/C14H14N2OS/c1-2-3-8-13(17)16-14-11(9-15)10-6-4-5-7-12(10)18-14/h1H,3-8H2,(H,16,17). The highest BCUT2D eigenvalue weighted by Gasteiger charge is 2.21.